The molecule has 1 aromatic carbocycles. The molecule has 0 spiro atoms. The van der Waals surface area contributed by atoms with Crippen molar-refractivity contribution < 1.29 is 0 Å². The van der Waals surface area contributed by atoms with Crippen molar-refractivity contribution in [3.63, 3.8) is 0 Å². The fourth-order valence-electron chi connectivity index (χ4n) is 2.33. The second-order valence-electron chi connectivity index (χ2n) is 4.60. The Bertz CT molecular complexity index is 573. The number of fused-ring (bicyclic) bond motifs is 1. The van der Waals surface area contributed by atoms with Gasteiger partial charge in [0.2, 0.25) is 0 Å². The quantitative estimate of drug-likeness (QED) is 0.797. The molecule has 17 heavy (non-hydrogen) atoms. The van der Waals surface area contributed by atoms with Gasteiger partial charge in [-0.25, -0.2) is 4.85 Å². The Morgan fingerprint density at radius 3 is 2.94 bits per heavy atom. The molecule has 0 saturated carbocycles. The molecule has 0 radical (unpaired) electrons. The van der Waals surface area contributed by atoms with E-state index < -0.39 is 0 Å². The van der Waals surface area contributed by atoms with Gasteiger partial charge in [-0.3, -0.25) is 0 Å². The number of nitrogens with one attached hydrogen (secondary N) is 1. The fraction of sp³-hybridized carbons (Fsp3) is 0.357. The molecule has 1 aliphatic rings. The maximum Gasteiger partial charge on any atom is 0.187 e. The number of nitrogens with zero attached hydrogens (tertiary/aromatic N) is 2. The Labute approximate surface area is 101 Å². The van der Waals surface area contributed by atoms with Gasteiger partial charge in [0, 0.05) is 18.3 Å². The Balaban J connectivity index is 1.85. The fourth-order valence-corrected chi connectivity index (χ4v) is 2.33. The molecule has 86 valence electrons. The van der Waals surface area contributed by atoms with Crippen molar-refractivity contribution in [1.82, 2.24) is 9.88 Å². The van der Waals surface area contributed by atoms with Crippen molar-refractivity contribution >= 4 is 16.6 Å². The minimum Gasteiger partial charge on any atom is -0.361 e. The lowest BCUT2D eigenvalue weighted by Crippen LogP contribution is -2.38. The van der Waals surface area contributed by atoms with Crippen LogP contribution in [0.25, 0.3) is 15.7 Å². The summed E-state index contributed by atoms with van der Waals surface area (Å²) in [5.41, 5.74) is 3.19. The average Bonchev–Trinajstić information content (AvgIpc) is 2.69. The topological polar surface area (TPSA) is 23.4 Å². The van der Waals surface area contributed by atoms with E-state index in [2.05, 4.69) is 20.9 Å². The first kappa shape index (κ1) is 10.4. The molecule has 0 bridgehead atoms. The second-order valence-corrected chi connectivity index (χ2v) is 4.60. The maximum absolute atomic E-state index is 7.06. The third-order valence-electron chi connectivity index (χ3n) is 3.53. The molecule has 2 aromatic rings. The predicted octanol–water partition coefficient (Wildman–Crippen LogP) is 2.97. The summed E-state index contributed by atoms with van der Waals surface area (Å²) in [6, 6.07) is 5.85. The van der Waals surface area contributed by atoms with Gasteiger partial charge in [0.15, 0.2) is 5.69 Å². The van der Waals surface area contributed by atoms with Gasteiger partial charge in [-0.05, 0) is 49.0 Å². The number of aromatic amines is 1. The third kappa shape index (κ3) is 1.92. The SMILES string of the molecule is [C-]#[N+]c1ccc2[nH]cc(CCN3CCC3)c2c1. The minimum absolute atomic E-state index is 0.724. The maximum atomic E-state index is 7.06. The van der Waals surface area contributed by atoms with E-state index in [0.717, 1.165) is 24.2 Å². The van der Waals surface area contributed by atoms with Gasteiger partial charge in [0.1, 0.15) is 0 Å². The molecule has 0 unspecified atom stereocenters. The lowest BCUT2D eigenvalue weighted by atomic mass is 10.1. The summed E-state index contributed by atoms with van der Waals surface area (Å²) in [6.45, 7) is 10.7. The Hall–Kier alpha value is -1.79. The van der Waals surface area contributed by atoms with Crippen molar-refractivity contribution in [2.75, 3.05) is 19.6 Å². The second kappa shape index (κ2) is 4.23. The highest BCUT2D eigenvalue weighted by molar-refractivity contribution is 5.86. The van der Waals surface area contributed by atoms with Crippen molar-refractivity contribution in [1.29, 1.82) is 0 Å². The standard InChI is InChI=1S/C14H15N3/c1-15-12-3-4-14-13(9-12)11(10-16-14)5-8-17-6-2-7-17/h3-4,9-10,16H,2,5-8H2. The van der Waals surface area contributed by atoms with Crippen molar-refractivity contribution in [3.8, 4) is 0 Å². The van der Waals surface area contributed by atoms with Gasteiger partial charge < -0.3 is 9.88 Å². The molecule has 1 saturated heterocycles. The van der Waals surface area contributed by atoms with Crippen molar-refractivity contribution in [2.45, 2.75) is 12.8 Å². The van der Waals surface area contributed by atoms with Crippen molar-refractivity contribution in [3.05, 3.63) is 41.4 Å². The molecule has 2 heterocycles. The van der Waals surface area contributed by atoms with Crippen LogP contribution in [0.2, 0.25) is 0 Å². The minimum atomic E-state index is 0.724. The summed E-state index contributed by atoms with van der Waals surface area (Å²) in [5.74, 6) is 0. The van der Waals surface area contributed by atoms with Gasteiger partial charge in [-0.2, -0.15) is 0 Å². The molecule has 3 rings (SSSR count). The van der Waals surface area contributed by atoms with Crippen molar-refractivity contribution in [2.24, 2.45) is 0 Å². The van der Waals surface area contributed by atoms with Crippen LogP contribution in [-0.2, 0) is 6.42 Å². The summed E-state index contributed by atoms with van der Waals surface area (Å²) >= 11 is 0. The van der Waals surface area contributed by atoms with Crippen LogP contribution in [-0.4, -0.2) is 29.5 Å². The van der Waals surface area contributed by atoms with E-state index in [0.29, 0.717) is 0 Å². The van der Waals surface area contributed by atoms with Gasteiger partial charge in [0.25, 0.3) is 0 Å². The highest BCUT2D eigenvalue weighted by atomic mass is 15.2. The highest BCUT2D eigenvalue weighted by Gasteiger charge is 2.13. The Kier molecular flexibility index (Phi) is 2.58. The highest BCUT2D eigenvalue weighted by Crippen LogP contribution is 2.24. The van der Waals surface area contributed by atoms with Crippen LogP contribution in [0, 0.1) is 6.57 Å². The van der Waals surface area contributed by atoms with Crippen LogP contribution in [0.1, 0.15) is 12.0 Å². The molecule has 1 aliphatic heterocycles. The molecule has 1 N–H and O–H groups in total. The Morgan fingerprint density at radius 2 is 2.24 bits per heavy atom. The molecule has 0 aliphatic carbocycles. The first-order valence-corrected chi connectivity index (χ1v) is 6.06. The van der Waals surface area contributed by atoms with Gasteiger partial charge in [-0.1, -0.05) is 6.07 Å². The molecule has 1 aromatic heterocycles. The summed E-state index contributed by atoms with van der Waals surface area (Å²) in [5, 5.41) is 1.21. The average molecular weight is 225 g/mol. The van der Waals surface area contributed by atoms with Crippen LogP contribution in [0.15, 0.2) is 24.4 Å². The lowest BCUT2D eigenvalue weighted by molar-refractivity contribution is 0.184. The molecule has 3 heteroatoms. The van der Waals surface area contributed by atoms with E-state index in [1.807, 2.05) is 18.2 Å². The number of benzene rings is 1. The first-order valence-electron chi connectivity index (χ1n) is 6.06. The molecule has 1 fully saturated rings. The molecule has 0 amide bonds. The van der Waals surface area contributed by atoms with E-state index >= 15 is 0 Å². The van der Waals surface area contributed by atoms with Gasteiger partial charge in [0.05, 0.1) is 6.57 Å². The van der Waals surface area contributed by atoms with Crippen LogP contribution < -0.4 is 0 Å². The largest absolute Gasteiger partial charge is 0.361 e. The normalized spacial score (nSPS) is 15.7. The van der Waals surface area contributed by atoms with E-state index in [4.69, 9.17) is 6.57 Å². The number of hydrogen-bond acceptors (Lipinski definition) is 1. The third-order valence-corrected chi connectivity index (χ3v) is 3.53. The number of likely N-dealkylation sites (tertiary alicyclic amines) is 1. The zero-order valence-electron chi connectivity index (χ0n) is 9.74. The van der Waals surface area contributed by atoms with Gasteiger partial charge in [-0.15, -0.1) is 0 Å². The lowest BCUT2D eigenvalue weighted by Gasteiger charge is -2.30. The molecular weight excluding hydrogens is 210 g/mol. The summed E-state index contributed by atoms with van der Waals surface area (Å²) in [4.78, 5) is 9.24. The van der Waals surface area contributed by atoms with Crippen LogP contribution >= 0.6 is 0 Å². The number of aromatic nitrogens is 1. The summed E-state index contributed by atoms with van der Waals surface area (Å²) < 4.78 is 0. The zero-order valence-corrected chi connectivity index (χ0v) is 9.74. The number of rotatable bonds is 3. The van der Waals surface area contributed by atoms with E-state index in [1.165, 1.54) is 30.5 Å². The Morgan fingerprint density at radius 1 is 1.35 bits per heavy atom. The van der Waals surface area contributed by atoms with Crippen LogP contribution in [0.5, 0.6) is 0 Å². The summed E-state index contributed by atoms with van der Waals surface area (Å²) in [6.07, 6.45) is 4.50. The van der Waals surface area contributed by atoms with E-state index in [9.17, 15) is 0 Å². The monoisotopic (exact) mass is 225 g/mol. The van der Waals surface area contributed by atoms with E-state index in [-0.39, 0.29) is 0 Å². The summed E-state index contributed by atoms with van der Waals surface area (Å²) in [7, 11) is 0. The van der Waals surface area contributed by atoms with Crippen LogP contribution in [0.4, 0.5) is 5.69 Å². The number of H-pyrrole nitrogens is 1. The molecule has 3 nitrogen and oxygen atoms in total. The molecule has 0 atom stereocenters. The molecular formula is C14H15N3. The van der Waals surface area contributed by atoms with Crippen LogP contribution in [0.3, 0.4) is 0 Å². The van der Waals surface area contributed by atoms with Gasteiger partial charge >= 0.3 is 0 Å². The first-order chi connectivity index (χ1) is 8.36. The smallest absolute Gasteiger partial charge is 0.187 e. The predicted molar refractivity (Wildman–Crippen MR) is 69.3 cm³/mol. The number of hydrogen-bond donors (Lipinski definition) is 1. The van der Waals surface area contributed by atoms with E-state index in [1.54, 1.807) is 0 Å². The zero-order chi connectivity index (χ0) is 11.7.